The zero-order chi connectivity index (χ0) is 13.7. The van der Waals surface area contributed by atoms with E-state index in [1.807, 2.05) is 18.2 Å². The van der Waals surface area contributed by atoms with Crippen molar-refractivity contribution in [2.24, 2.45) is 0 Å². The van der Waals surface area contributed by atoms with Gasteiger partial charge in [0.25, 0.3) is 0 Å². The smallest absolute Gasteiger partial charge is 0.122 e. The zero-order valence-corrected chi connectivity index (χ0v) is 12.2. The third kappa shape index (κ3) is 4.21. The van der Waals surface area contributed by atoms with Crippen molar-refractivity contribution in [3.8, 4) is 5.75 Å². The molecule has 0 spiro atoms. The Morgan fingerprint density at radius 3 is 2.47 bits per heavy atom. The van der Waals surface area contributed by atoms with Gasteiger partial charge in [-0.05, 0) is 37.6 Å². The van der Waals surface area contributed by atoms with Crippen molar-refractivity contribution < 1.29 is 4.74 Å². The minimum absolute atomic E-state index is 0.720. The number of anilines is 1. The summed E-state index contributed by atoms with van der Waals surface area (Å²) in [4.78, 5) is 2.31. The van der Waals surface area contributed by atoms with Crippen molar-refractivity contribution in [2.75, 3.05) is 12.3 Å². The van der Waals surface area contributed by atoms with Gasteiger partial charge in [0.2, 0.25) is 0 Å². The number of rotatable bonds is 5. The Kier molecular flexibility index (Phi) is 4.74. The van der Waals surface area contributed by atoms with Crippen molar-refractivity contribution in [2.45, 2.75) is 30.1 Å². The molecule has 2 nitrogen and oxygen atoms in total. The fraction of sp³-hybridized carbons (Fsp3) is 0.250. The SMILES string of the molecule is CCCOc1cc(N)cc(Sc2ccc(C)cc2)c1. The average Bonchev–Trinajstić information content (AvgIpc) is 2.38. The molecule has 0 radical (unpaired) electrons. The summed E-state index contributed by atoms with van der Waals surface area (Å²) in [7, 11) is 0. The highest BCUT2D eigenvalue weighted by atomic mass is 32.2. The molecule has 2 aromatic rings. The number of nitrogen functional groups attached to an aromatic ring is 1. The lowest BCUT2D eigenvalue weighted by molar-refractivity contribution is 0.317. The second-order valence-corrected chi connectivity index (χ2v) is 5.65. The molecule has 0 fully saturated rings. The highest BCUT2D eigenvalue weighted by Gasteiger charge is 2.02. The van der Waals surface area contributed by atoms with Crippen LogP contribution in [0, 0.1) is 6.92 Å². The lowest BCUT2D eigenvalue weighted by atomic mass is 10.2. The van der Waals surface area contributed by atoms with Gasteiger partial charge in [-0.3, -0.25) is 0 Å². The highest BCUT2D eigenvalue weighted by molar-refractivity contribution is 7.99. The van der Waals surface area contributed by atoms with E-state index < -0.39 is 0 Å². The first kappa shape index (κ1) is 13.8. The van der Waals surface area contributed by atoms with Gasteiger partial charge in [-0.2, -0.15) is 0 Å². The predicted octanol–water partition coefficient (Wildman–Crippen LogP) is 4.52. The summed E-state index contributed by atoms with van der Waals surface area (Å²) in [5, 5.41) is 0. The van der Waals surface area contributed by atoms with E-state index in [1.54, 1.807) is 11.8 Å². The molecule has 0 saturated carbocycles. The maximum absolute atomic E-state index is 5.92. The summed E-state index contributed by atoms with van der Waals surface area (Å²) in [6.07, 6.45) is 0.995. The number of benzene rings is 2. The standard InChI is InChI=1S/C16H19NOS/c1-3-8-18-14-9-13(17)10-16(11-14)19-15-6-4-12(2)5-7-15/h4-7,9-11H,3,8,17H2,1-2H3. The van der Waals surface area contributed by atoms with Crippen molar-refractivity contribution >= 4 is 17.4 Å². The van der Waals surface area contributed by atoms with E-state index in [4.69, 9.17) is 10.5 Å². The maximum atomic E-state index is 5.92. The summed E-state index contributed by atoms with van der Waals surface area (Å²) in [5.74, 6) is 0.844. The number of ether oxygens (including phenoxy) is 1. The highest BCUT2D eigenvalue weighted by Crippen LogP contribution is 2.32. The molecule has 2 N–H and O–H groups in total. The Balaban J connectivity index is 2.15. The fourth-order valence-electron chi connectivity index (χ4n) is 1.70. The third-order valence-electron chi connectivity index (χ3n) is 2.63. The van der Waals surface area contributed by atoms with Crippen LogP contribution in [0.2, 0.25) is 0 Å². The van der Waals surface area contributed by atoms with Crippen LogP contribution >= 0.6 is 11.8 Å². The van der Waals surface area contributed by atoms with E-state index in [0.717, 1.165) is 29.4 Å². The van der Waals surface area contributed by atoms with Crippen molar-refractivity contribution in [1.82, 2.24) is 0 Å². The van der Waals surface area contributed by atoms with E-state index in [1.165, 1.54) is 10.5 Å². The van der Waals surface area contributed by atoms with Crippen LogP contribution in [0.3, 0.4) is 0 Å². The lowest BCUT2D eigenvalue weighted by Gasteiger charge is -2.09. The fourth-order valence-corrected chi connectivity index (χ4v) is 2.61. The predicted molar refractivity (Wildman–Crippen MR) is 81.9 cm³/mol. The van der Waals surface area contributed by atoms with Gasteiger partial charge >= 0.3 is 0 Å². The first-order valence-electron chi connectivity index (χ1n) is 6.45. The van der Waals surface area contributed by atoms with E-state index >= 15 is 0 Å². The molecule has 0 bridgehead atoms. The number of hydrogen-bond donors (Lipinski definition) is 1. The Morgan fingerprint density at radius 2 is 1.79 bits per heavy atom. The summed E-state index contributed by atoms with van der Waals surface area (Å²) in [5.41, 5.74) is 7.92. The first-order chi connectivity index (χ1) is 9.17. The number of nitrogens with two attached hydrogens (primary N) is 1. The van der Waals surface area contributed by atoms with Gasteiger partial charge in [0.15, 0.2) is 0 Å². The quantitative estimate of drug-likeness (QED) is 0.814. The van der Waals surface area contributed by atoms with Gasteiger partial charge in [0.1, 0.15) is 5.75 Å². The molecule has 0 saturated heterocycles. The summed E-state index contributed by atoms with van der Waals surface area (Å²) >= 11 is 1.70. The Hall–Kier alpha value is -1.61. The molecule has 0 aliphatic heterocycles. The first-order valence-corrected chi connectivity index (χ1v) is 7.27. The Labute approximate surface area is 119 Å². The summed E-state index contributed by atoms with van der Waals surface area (Å²) < 4.78 is 5.64. The van der Waals surface area contributed by atoms with E-state index in [0.29, 0.717) is 0 Å². The van der Waals surface area contributed by atoms with Crippen molar-refractivity contribution in [3.63, 3.8) is 0 Å². The number of aryl methyl sites for hydroxylation is 1. The lowest BCUT2D eigenvalue weighted by Crippen LogP contribution is -1.96. The molecule has 0 aromatic heterocycles. The van der Waals surface area contributed by atoms with E-state index in [2.05, 4.69) is 38.1 Å². The van der Waals surface area contributed by atoms with Crippen LogP contribution in [0.25, 0.3) is 0 Å². The van der Waals surface area contributed by atoms with Crippen LogP contribution in [0.1, 0.15) is 18.9 Å². The van der Waals surface area contributed by atoms with E-state index in [-0.39, 0.29) is 0 Å². The third-order valence-corrected chi connectivity index (χ3v) is 3.61. The molecular formula is C16H19NOS. The zero-order valence-electron chi connectivity index (χ0n) is 11.3. The molecule has 0 aliphatic carbocycles. The van der Waals surface area contributed by atoms with Gasteiger partial charge in [0.05, 0.1) is 6.61 Å². The molecule has 2 aromatic carbocycles. The molecule has 0 aliphatic rings. The molecule has 0 heterocycles. The van der Waals surface area contributed by atoms with Crippen LogP contribution in [-0.2, 0) is 0 Å². The van der Waals surface area contributed by atoms with Crippen LogP contribution in [-0.4, -0.2) is 6.61 Å². The minimum Gasteiger partial charge on any atom is -0.493 e. The molecule has 3 heteroatoms. The normalized spacial score (nSPS) is 10.4. The Bertz CT molecular complexity index is 537. The minimum atomic E-state index is 0.720. The van der Waals surface area contributed by atoms with Crippen LogP contribution in [0.5, 0.6) is 5.75 Å². The van der Waals surface area contributed by atoms with Gasteiger partial charge in [-0.1, -0.05) is 36.4 Å². The molecule has 0 unspecified atom stereocenters. The van der Waals surface area contributed by atoms with Crippen molar-refractivity contribution in [3.05, 3.63) is 48.0 Å². The Morgan fingerprint density at radius 1 is 1.05 bits per heavy atom. The average molecular weight is 273 g/mol. The monoisotopic (exact) mass is 273 g/mol. The van der Waals surface area contributed by atoms with Crippen LogP contribution < -0.4 is 10.5 Å². The van der Waals surface area contributed by atoms with Crippen LogP contribution in [0.15, 0.2) is 52.3 Å². The van der Waals surface area contributed by atoms with Crippen molar-refractivity contribution in [1.29, 1.82) is 0 Å². The summed E-state index contributed by atoms with van der Waals surface area (Å²) in [6, 6.07) is 14.4. The summed E-state index contributed by atoms with van der Waals surface area (Å²) in [6.45, 7) is 4.90. The topological polar surface area (TPSA) is 35.2 Å². The number of hydrogen-bond acceptors (Lipinski definition) is 3. The molecule has 2 rings (SSSR count). The molecule has 19 heavy (non-hydrogen) atoms. The van der Waals surface area contributed by atoms with Gasteiger partial charge in [0, 0.05) is 21.5 Å². The van der Waals surface area contributed by atoms with Gasteiger partial charge < -0.3 is 10.5 Å². The molecule has 0 amide bonds. The van der Waals surface area contributed by atoms with E-state index in [9.17, 15) is 0 Å². The van der Waals surface area contributed by atoms with Gasteiger partial charge in [-0.25, -0.2) is 0 Å². The van der Waals surface area contributed by atoms with Crippen LogP contribution in [0.4, 0.5) is 5.69 Å². The maximum Gasteiger partial charge on any atom is 0.122 e. The largest absolute Gasteiger partial charge is 0.493 e. The second-order valence-electron chi connectivity index (χ2n) is 4.50. The molecular weight excluding hydrogens is 254 g/mol. The van der Waals surface area contributed by atoms with Gasteiger partial charge in [-0.15, -0.1) is 0 Å². The second kappa shape index (κ2) is 6.53. The molecule has 0 atom stereocenters. The molecule has 100 valence electrons.